The van der Waals surface area contributed by atoms with Crippen LogP contribution in [0, 0.1) is 0 Å². The van der Waals surface area contributed by atoms with Gasteiger partial charge in [0.25, 0.3) is 0 Å². The first-order chi connectivity index (χ1) is 10.1. The second-order valence-electron chi connectivity index (χ2n) is 6.14. The van der Waals surface area contributed by atoms with E-state index in [9.17, 15) is 4.79 Å². The highest BCUT2D eigenvalue weighted by molar-refractivity contribution is 5.76. The summed E-state index contributed by atoms with van der Waals surface area (Å²) < 4.78 is 2.16. The minimum atomic E-state index is 0.271. The summed E-state index contributed by atoms with van der Waals surface area (Å²) >= 11 is 0. The summed E-state index contributed by atoms with van der Waals surface area (Å²) in [5, 5.41) is 0. The Morgan fingerprint density at radius 1 is 1.48 bits per heavy atom. The molecular weight excluding hydrogens is 264 g/mol. The summed E-state index contributed by atoms with van der Waals surface area (Å²) in [5.41, 5.74) is 0. The quantitative estimate of drug-likeness (QED) is 0.802. The molecule has 1 aliphatic heterocycles. The van der Waals surface area contributed by atoms with Crippen molar-refractivity contribution in [3.8, 4) is 0 Å². The topological polar surface area (TPSA) is 41.4 Å². The van der Waals surface area contributed by atoms with Gasteiger partial charge in [-0.3, -0.25) is 4.79 Å². The fraction of sp³-hybridized carbons (Fsp3) is 0.750. The lowest BCUT2D eigenvalue weighted by Gasteiger charge is -2.36. The van der Waals surface area contributed by atoms with E-state index in [0.717, 1.165) is 44.7 Å². The largest absolute Gasteiger partial charge is 0.341 e. The summed E-state index contributed by atoms with van der Waals surface area (Å²) in [4.78, 5) is 21.0. The van der Waals surface area contributed by atoms with E-state index in [1.807, 2.05) is 17.3 Å². The van der Waals surface area contributed by atoms with Gasteiger partial charge in [-0.1, -0.05) is 6.92 Å². The SMILES string of the molecule is CCCn1ccnc1CCC(=O)N1CCC[C@@H](N(C)C)C1. The van der Waals surface area contributed by atoms with Crippen LogP contribution >= 0.6 is 0 Å². The molecule has 1 amide bonds. The fourth-order valence-corrected chi connectivity index (χ4v) is 2.99. The molecule has 5 nitrogen and oxygen atoms in total. The molecule has 0 spiro atoms. The zero-order valence-corrected chi connectivity index (χ0v) is 13.6. The molecule has 0 aliphatic carbocycles. The van der Waals surface area contributed by atoms with E-state index in [0.29, 0.717) is 12.5 Å². The smallest absolute Gasteiger partial charge is 0.223 e. The Bertz CT molecular complexity index is 455. The molecule has 0 radical (unpaired) electrons. The number of rotatable bonds is 6. The first-order valence-electron chi connectivity index (χ1n) is 8.06. The number of aromatic nitrogens is 2. The van der Waals surface area contributed by atoms with Gasteiger partial charge in [0.1, 0.15) is 5.82 Å². The monoisotopic (exact) mass is 292 g/mol. The third-order valence-electron chi connectivity index (χ3n) is 4.31. The predicted molar refractivity (Wildman–Crippen MR) is 84.1 cm³/mol. The molecule has 1 aliphatic rings. The van der Waals surface area contributed by atoms with Gasteiger partial charge in [0.05, 0.1) is 0 Å². The van der Waals surface area contributed by atoms with Gasteiger partial charge in [0.2, 0.25) is 5.91 Å². The Balaban J connectivity index is 1.85. The molecule has 0 unspecified atom stereocenters. The van der Waals surface area contributed by atoms with Crippen molar-refractivity contribution in [2.75, 3.05) is 27.2 Å². The number of carbonyl (C=O) groups excluding carboxylic acids is 1. The minimum absolute atomic E-state index is 0.271. The molecule has 118 valence electrons. The summed E-state index contributed by atoms with van der Waals surface area (Å²) in [6, 6.07) is 0.504. The maximum Gasteiger partial charge on any atom is 0.223 e. The Labute approximate surface area is 127 Å². The van der Waals surface area contributed by atoms with Gasteiger partial charge in [-0.2, -0.15) is 0 Å². The highest BCUT2D eigenvalue weighted by atomic mass is 16.2. The Hall–Kier alpha value is -1.36. The molecule has 0 N–H and O–H groups in total. The van der Waals surface area contributed by atoms with E-state index in [1.54, 1.807) is 0 Å². The van der Waals surface area contributed by atoms with Crippen LogP contribution < -0.4 is 0 Å². The van der Waals surface area contributed by atoms with Crippen molar-refractivity contribution in [2.24, 2.45) is 0 Å². The molecule has 2 heterocycles. The van der Waals surface area contributed by atoms with Crippen LogP contribution in [-0.2, 0) is 17.8 Å². The van der Waals surface area contributed by atoms with E-state index >= 15 is 0 Å². The molecular formula is C16H28N4O. The van der Waals surface area contributed by atoms with Gasteiger partial charge >= 0.3 is 0 Å². The van der Waals surface area contributed by atoms with Crippen LogP contribution in [0.5, 0.6) is 0 Å². The van der Waals surface area contributed by atoms with E-state index in [-0.39, 0.29) is 5.91 Å². The number of imidazole rings is 1. The van der Waals surface area contributed by atoms with Crippen molar-refractivity contribution in [3.63, 3.8) is 0 Å². The Morgan fingerprint density at radius 2 is 2.29 bits per heavy atom. The predicted octanol–water partition coefficient (Wildman–Crippen LogP) is 1.78. The first kappa shape index (κ1) is 16.0. The van der Waals surface area contributed by atoms with Crippen molar-refractivity contribution in [2.45, 2.75) is 51.6 Å². The van der Waals surface area contributed by atoms with Crippen LogP contribution in [0.3, 0.4) is 0 Å². The number of piperidine rings is 1. The summed E-state index contributed by atoms with van der Waals surface area (Å²) in [7, 11) is 4.19. The molecule has 0 bridgehead atoms. The Kier molecular flexibility index (Phi) is 5.79. The third kappa shape index (κ3) is 4.30. The van der Waals surface area contributed by atoms with Crippen LogP contribution in [0.1, 0.15) is 38.4 Å². The van der Waals surface area contributed by atoms with Crippen molar-refractivity contribution >= 4 is 5.91 Å². The van der Waals surface area contributed by atoms with Gasteiger partial charge in [-0.15, -0.1) is 0 Å². The van der Waals surface area contributed by atoms with Crippen molar-refractivity contribution in [1.82, 2.24) is 19.4 Å². The second kappa shape index (κ2) is 7.59. The number of likely N-dealkylation sites (N-methyl/N-ethyl adjacent to an activating group) is 1. The molecule has 1 saturated heterocycles. The molecule has 1 fully saturated rings. The van der Waals surface area contributed by atoms with Crippen LogP contribution in [0.25, 0.3) is 0 Å². The highest BCUT2D eigenvalue weighted by Crippen LogP contribution is 2.15. The lowest BCUT2D eigenvalue weighted by atomic mass is 10.0. The molecule has 0 aromatic carbocycles. The lowest BCUT2D eigenvalue weighted by molar-refractivity contribution is -0.133. The minimum Gasteiger partial charge on any atom is -0.341 e. The van der Waals surface area contributed by atoms with Crippen LogP contribution in [0.2, 0.25) is 0 Å². The molecule has 1 aromatic rings. The van der Waals surface area contributed by atoms with E-state index in [4.69, 9.17) is 0 Å². The fourth-order valence-electron chi connectivity index (χ4n) is 2.99. The molecule has 0 saturated carbocycles. The van der Waals surface area contributed by atoms with E-state index in [2.05, 4.69) is 35.5 Å². The lowest BCUT2D eigenvalue weighted by Crippen LogP contribution is -2.47. The van der Waals surface area contributed by atoms with E-state index in [1.165, 1.54) is 6.42 Å². The third-order valence-corrected chi connectivity index (χ3v) is 4.31. The number of carbonyl (C=O) groups is 1. The summed E-state index contributed by atoms with van der Waals surface area (Å²) in [6.07, 6.45) is 8.55. The van der Waals surface area contributed by atoms with Gasteiger partial charge in [-0.05, 0) is 33.4 Å². The maximum atomic E-state index is 12.4. The number of hydrogen-bond acceptors (Lipinski definition) is 3. The van der Waals surface area contributed by atoms with Crippen LogP contribution in [0.4, 0.5) is 0 Å². The van der Waals surface area contributed by atoms with Crippen LogP contribution in [0.15, 0.2) is 12.4 Å². The average molecular weight is 292 g/mol. The maximum absolute atomic E-state index is 12.4. The number of amides is 1. The van der Waals surface area contributed by atoms with Crippen molar-refractivity contribution < 1.29 is 4.79 Å². The highest BCUT2D eigenvalue weighted by Gasteiger charge is 2.24. The number of nitrogens with zero attached hydrogens (tertiary/aromatic N) is 4. The molecule has 1 aromatic heterocycles. The second-order valence-corrected chi connectivity index (χ2v) is 6.14. The normalized spacial score (nSPS) is 19.2. The van der Waals surface area contributed by atoms with Gasteiger partial charge in [-0.25, -0.2) is 4.98 Å². The Morgan fingerprint density at radius 3 is 3.00 bits per heavy atom. The van der Waals surface area contributed by atoms with Crippen molar-refractivity contribution in [3.05, 3.63) is 18.2 Å². The zero-order chi connectivity index (χ0) is 15.2. The number of aryl methyl sites for hydroxylation is 2. The number of likely N-dealkylation sites (tertiary alicyclic amines) is 1. The molecule has 5 heteroatoms. The van der Waals surface area contributed by atoms with Gasteiger partial charge < -0.3 is 14.4 Å². The molecule has 1 atom stereocenters. The van der Waals surface area contributed by atoms with Gasteiger partial charge in [0, 0.05) is 50.9 Å². The molecule has 21 heavy (non-hydrogen) atoms. The summed E-state index contributed by atoms with van der Waals surface area (Å²) in [6.45, 7) is 4.92. The zero-order valence-electron chi connectivity index (χ0n) is 13.6. The summed E-state index contributed by atoms with van der Waals surface area (Å²) in [5.74, 6) is 1.30. The van der Waals surface area contributed by atoms with Crippen molar-refractivity contribution in [1.29, 1.82) is 0 Å². The molecule has 2 rings (SSSR count). The standard InChI is InChI=1S/C16H28N4O/c1-4-10-19-12-9-17-15(19)7-8-16(21)20-11-5-6-14(13-20)18(2)3/h9,12,14H,4-8,10-11,13H2,1-3H3/t14-/m1/s1. The van der Waals surface area contributed by atoms with E-state index < -0.39 is 0 Å². The van der Waals surface area contributed by atoms with Crippen LogP contribution in [-0.4, -0.2) is 58.5 Å². The van der Waals surface area contributed by atoms with Gasteiger partial charge in [0.15, 0.2) is 0 Å². The number of hydrogen-bond donors (Lipinski definition) is 0. The average Bonchev–Trinajstić information content (AvgIpc) is 2.92. The first-order valence-corrected chi connectivity index (χ1v) is 8.06.